The lowest BCUT2D eigenvalue weighted by atomic mass is 9.95. The van der Waals surface area contributed by atoms with Gasteiger partial charge in [0, 0.05) is 24.6 Å². The number of sulfonamides is 1. The average molecular weight is 489 g/mol. The molecule has 0 fully saturated rings. The molecule has 0 spiro atoms. The molecule has 1 unspecified atom stereocenters. The third-order valence-electron chi connectivity index (χ3n) is 5.18. The van der Waals surface area contributed by atoms with Gasteiger partial charge in [0.1, 0.15) is 10.7 Å². The fourth-order valence-electron chi connectivity index (χ4n) is 3.64. The Kier molecular flexibility index (Phi) is 6.91. The van der Waals surface area contributed by atoms with Crippen molar-refractivity contribution in [3.63, 3.8) is 0 Å². The molecule has 0 aliphatic carbocycles. The quantitative estimate of drug-likeness (QED) is 0.396. The molecule has 0 saturated carbocycles. The van der Waals surface area contributed by atoms with Crippen LogP contribution in [-0.2, 0) is 23.0 Å². The maximum atomic E-state index is 11.6. The second-order valence-electron chi connectivity index (χ2n) is 7.86. The van der Waals surface area contributed by atoms with Crippen LogP contribution in [-0.4, -0.2) is 47.7 Å². The Morgan fingerprint density at radius 3 is 2.82 bits per heavy atom. The van der Waals surface area contributed by atoms with E-state index in [0.29, 0.717) is 28.4 Å². The van der Waals surface area contributed by atoms with Crippen LogP contribution in [0.3, 0.4) is 0 Å². The zero-order valence-corrected chi connectivity index (χ0v) is 19.8. The molecule has 0 bridgehead atoms. The number of anilines is 4. The molecule has 1 aliphatic rings. The van der Waals surface area contributed by atoms with Crippen LogP contribution >= 0.6 is 11.6 Å². The Hall–Kier alpha value is -3.02. The molecule has 0 radical (unpaired) electrons. The van der Waals surface area contributed by atoms with Crippen LogP contribution in [0.4, 0.5) is 23.3 Å². The summed E-state index contributed by atoms with van der Waals surface area (Å²) in [6.45, 7) is 4.30. The van der Waals surface area contributed by atoms with Gasteiger partial charge in [0.15, 0.2) is 11.6 Å². The zero-order valence-electron chi connectivity index (χ0n) is 18.3. The van der Waals surface area contributed by atoms with Gasteiger partial charge in [-0.25, -0.2) is 18.4 Å². The molecule has 4 rings (SSSR count). The molecule has 2 aromatic heterocycles. The van der Waals surface area contributed by atoms with E-state index in [2.05, 4.69) is 59.7 Å². The predicted octanol–water partition coefficient (Wildman–Crippen LogP) is 2.90. The molecule has 10 nitrogen and oxygen atoms in total. The van der Waals surface area contributed by atoms with Crippen molar-refractivity contribution in [1.82, 2.24) is 25.3 Å². The van der Waals surface area contributed by atoms with Crippen molar-refractivity contribution in [3.05, 3.63) is 58.6 Å². The highest BCUT2D eigenvalue weighted by atomic mass is 35.5. The summed E-state index contributed by atoms with van der Waals surface area (Å²) in [7, 11) is -3.49. The van der Waals surface area contributed by atoms with Gasteiger partial charge in [-0.1, -0.05) is 24.6 Å². The molecule has 0 amide bonds. The first kappa shape index (κ1) is 23.1. The SMILES string of the molecule is CC1CNCCc2cc(Nc3ncc(Cl)c(NCc4nccnc4NS(C)(=O)=O)n3)ccc21. The molecule has 4 N–H and O–H groups in total. The van der Waals surface area contributed by atoms with E-state index in [9.17, 15) is 8.42 Å². The van der Waals surface area contributed by atoms with E-state index in [0.717, 1.165) is 31.5 Å². The Bertz CT molecular complexity index is 1250. The fourth-order valence-corrected chi connectivity index (χ4v) is 4.32. The summed E-state index contributed by atoms with van der Waals surface area (Å²) in [4.78, 5) is 17.0. The highest BCUT2D eigenvalue weighted by molar-refractivity contribution is 7.92. The van der Waals surface area contributed by atoms with E-state index in [1.54, 1.807) is 0 Å². The molecule has 174 valence electrons. The Morgan fingerprint density at radius 1 is 1.18 bits per heavy atom. The first-order valence-corrected chi connectivity index (χ1v) is 12.7. The summed E-state index contributed by atoms with van der Waals surface area (Å²) < 4.78 is 25.5. The van der Waals surface area contributed by atoms with Crippen molar-refractivity contribution in [2.24, 2.45) is 0 Å². The third-order valence-corrected chi connectivity index (χ3v) is 6.02. The number of nitrogens with zero attached hydrogens (tertiary/aromatic N) is 4. The first-order valence-electron chi connectivity index (χ1n) is 10.4. The van der Waals surface area contributed by atoms with E-state index in [1.165, 1.54) is 29.7 Å². The number of nitrogens with one attached hydrogen (secondary N) is 4. The zero-order chi connectivity index (χ0) is 23.4. The summed E-state index contributed by atoms with van der Waals surface area (Å²) in [5, 5.41) is 10.1. The molecule has 33 heavy (non-hydrogen) atoms. The number of aromatic nitrogens is 4. The maximum absolute atomic E-state index is 11.6. The van der Waals surface area contributed by atoms with Gasteiger partial charge in [-0.3, -0.25) is 9.71 Å². The minimum atomic E-state index is -3.49. The average Bonchev–Trinajstić information content (AvgIpc) is 2.95. The summed E-state index contributed by atoms with van der Waals surface area (Å²) in [5.41, 5.74) is 3.95. The van der Waals surface area contributed by atoms with Crippen molar-refractivity contribution in [3.8, 4) is 0 Å². The number of halogens is 1. The highest BCUT2D eigenvalue weighted by Crippen LogP contribution is 2.27. The monoisotopic (exact) mass is 488 g/mol. The minimum absolute atomic E-state index is 0.143. The smallest absolute Gasteiger partial charge is 0.231 e. The van der Waals surface area contributed by atoms with Crippen LogP contribution < -0.4 is 20.7 Å². The van der Waals surface area contributed by atoms with Gasteiger partial charge in [-0.15, -0.1) is 0 Å². The predicted molar refractivity (Wildman–Crippen MR) is 130 cm³/mol. The molecule has 1 atom stereocenters. The normalized spacial score (nSPS) is 15.9. The number of rotatable bonds is 7. The number of hydrogen-bond acceptors (Lipinski definition) is 9. The van der Waals surface area contributed by atoms with E-state index in [-0.39, 0.29) is 12.4 Å². The molecule has 1 aliphatic heterocycles. The molecule has 12 heteroatoms. The van der Waals surface area contributed by atoms with Crippen LogP contribution in [0.25, 0.3) is 0 Å². The van der Waals surface area contributed by atoms with Gasteiger partial charge in [0.05, 0.1) is 19.0 Å². The summed E-state index contributed by atoms with van der Waals surface area (Å²) in [5.74, 6) is 1.38. The Labute approximate surface area is 197 Å². The van der Waals surface area contributed by atoms with Crippen molar-refractivity contribution >= 4 is 44.9 Å². The first-order chi connectivity index (χ1) is 15.8. The van der Waals surface area contributed by atoms with Crippen LogP contribution in [0.5, 0.6) is 0 Å². The summed E-state index contributed by atoms with van der Waals surface area (Å²) in [6, 6.07) is 6.30. The molecule has 1 aromatic carbocycles. The number of hydrogen-bond donors (Lipinski definition) is 4. The standard InChI is InChI=1S/C21H25ClN8O2S/c1-13-10-23-6-5-14-9-15(3-4-16(13)14)28-21-27-11-17(22)19(29-21)26-12-18-20(25-8-7-24-18)30-33(2,31)32/h3-4,7-9,11,13,23H,5-6,10,12H2,1-2H3,(H,25,30)(H2,26,27,28,29). The second kappa shape index (κ2) is 9.86. The van der Waals surface area contributed by atoms with E-state index < -0.39 is 10.0 Å². The van der Waals surface area contributed by atoms with Crippen molar-refractivity contribution < 1.29 is 8.42 Å². The van der Waals surface area contributed by atoms with Gasteiger partial charge in [-0.2, -0.15) is 4.98 Å². The Morgan fingerprint density at radius 2 is 2.00 bits per heavy atom. The van der Waals surface area contributed by atoms with Crippen LogP contribution in [0, 0.1) is 0 Å². The van der Waals surface area contributed by atoms with Gasteiger partial charge >= 0.3 is 0 Å². The van der Waals surface area contributed by atoms with Gasteiger partial charge < -0.3 is 16.0 Å². The van der Waals surface area contributed by atoms with Gasteiger partial charge in [0.2, 0.25) is 16.0 Å². The van der Waals surface area contributed by atoms with Crippen LogP contribution in [0.2, 0.25) is 5.02 Å². The summed E-state index contributed by atoms with van der Waals surface area (Å²) in [6.07, 6.45) is 6.41. The van der Waals surface area contributed by atoms with Crippen LogP contribution in [0.1, 0.15) is 29.7 Å². The van der Waals surface area contributed by atoms with E-state index >= 15 is 0 Å². The lowest BCUT2D eigenvalue weighted by molar-refractivity contribution is 0.606. The van der Waals surface area contributed by atoms with Gasteiger partial charge in [0.25, 0.3) is 0 Å². The highest BCUT2D eigenvalue weighted by Gasteiger charge is 2.16. The van der Waals surface area contributed by atoms with E-state index in [1.807, 2.05) is 6.07 Å². The van der Waals surface area contributed by atoms with Gasteiger partial charge in [-0.05, 0) is 42.1 Å². The molecule has 3 aromatic rings. The Balaban J connectivity index is 1.50. The molecular formula is C21H25ClN8O2S. The lowest BCUT2D eigenvalue weighted by Crippen LogP contribution is -2.18. The number of benzene rings is 1. The number of fused-ring (bicyclic) bond motifs is 1. The van der Waals surface area contributed by atoms with Crippen molar-refractivity contribution in [2.75, 3.05) is 34.7 Å². The van der Waals surface area contributed by atoms with Crippen molar-refractivity contribution in [1.29, 1.82) is 0 Å². The molecular weight excluding hydrogens is 464 g/mol. The third kappa shape index (κ3) is 6.06. The second-order valence-corrected chi connectivity index (χ2v) is 10.0. The molecule has 0 saturated heterocycles. The minimum Gasteiger partial charge on any atom is -0.363 e. The topological polar surface area (TPSA) is 134 Å². The van der Waals surface area contributed by atoms with E-state index in [4.69, 9.17) is 11.6 Å². The summed E-state index contributed by atoms with van der Waals surface area (Å²) >= 11 is 6.27. The molecule has 3 heterocycles. The lowest BCUT2D eigenvalue weighted by Gasteiger charge is -2.15. The van der Waals surface area contributed by atoms with Crippen LogP contribution in [0.15, 0.2) is 36.8 Å². The van der Waals surface area contributed by atoms with Crippen molar-refractivity contribution in [2.45, 2.75) is 25.8 Å². The largest absolute Gasteiger partial charge is 0.363 e. The maximum Gasteiger partial charge on any atom is 0.231 e. The fraction of sp³-hybridized carbons (Fsp3) is 0.333.